The Morgan fingerprint density at radius 2 is 2.00 bits per heavy atom. The first-order valence-corrected chi connectivity index (χ1v) is 6.68. The number of carbonyl (C=O) groups excluding carboxylic acids is 1. The minimum atomic E-state index is -0.293. The van der Waals surface area contributed by atoms with Gasteiger partial charge in [-0.3, -0.25) is 4.79 Å². The van der Waals surface area contributed by atoms with Gasteiger partial charge in [-0.2, -0.15) is 0 Å². The molecule has 100 valence electrons. The second-order valence-electron chi connectivity index (χ2n) is 6.91. The molecule has 0 bridgehead atoms. The van der Waals surface area contributed by atoms with E-state index >= 15 is 0 Å². The molecular formula is C14H27NO2. The van der Waals surface area contributed by atoms with Gasteiger partial charge in [-0.1, -0.05) is 27.7 Å². The molecule has 1 unspecified atom stereocenters. The third-order valence-corrected chi connectivity index (χ3v) is 3.51. The van der Waals surface area contributed by atoms with E-state index in [9.17, 15) is 9.90 Å². The molecule has 0 aromatic carbocycles. The molecule has 0 aliphatic heterocycles. The number of carbonyl (C=O) groups is 1. The molecule has 0 radical (unpaired) electrons. The van der Waals surface area contributed by atoms with Crippen LogP contribution < -0.4 is 5.32 Å². The Morgan fingerprint density at radius 1 is 1.41 bits per heavy atom. The summed E-state index contributed by atoms with van der Waals surface area (Å²) in [5, 5.41) is 12.3. The van der Waals surface area contributed by atoms with Crippen LogP contribution in [0.25, 0.3) is 0 Å². The lowest BCUT2D eigenvalue weighted by Crippen LogP contribution is -2.56. The smallest absolute Gasteiger partial charge is 0.220 e. The van der Waals surface area contributed by atoms with E-state index < -0.39 is 0 Å². The fraction of sp³-hybridized carbons (Fsp3) is 0.929. The van der Waals surface area contributed by atoms with Crippen molar-refractivity contribution in [1.82, 2.24) is 5.32 Å². The van der Waals surface area contributed by atoms with Gasteiger partial charge in [-0.25, -0.2) is 0 Å². The van der Waals surface area contributed by atoms with Crippen LogP contribution in [0.4, 0.5) is 0 Å². The average molecular weight is 241 g/mol. The van der Waals surface area contributed by atoms with E-state index in [1.54, 1.807) is 0 Å². The molecule has 3 nitrogen and oxygen atoms in total. The molecular weight excluding hydrogens is 214 g/mol. The summed E-state index contributed by atoms with van der Waals surface area (Å²) in [5.74, 6) is 0.487. The van der Waals surface area contributed by atoms with Crippen LogP contribution in [-0.4, -0.2) is 23.2 Å². The van der Waals surface area contributed by atoms with Gasteiger partial charge in [-0.15, -0.1) is 0 Å². The minimum Gasteiger partial charge on any atom is -0.394 e. The maximum atomic E-state index is 11.9. The molecule has 1 amide bonds. The lowest BCUT2D eigenvalue weighted by molar-refractivity contribution is -0.126. The van der Waals surface area contributed by atoms with E-state index in [2.05, 4.69) is 33.0 Å². The van der Waals surface area contributed by atoms with Gasteiger partial charge < -0.3 is 10.4 Å². The van der Waals surface area contributed by atoms with Crippen molar-refractivity contribution in [3.05, 3.63) is 0 Å². The summed E-state index contributed by atoms with van der Waals surface area (Å²) in [4.78, 5) is 11.9. The summed E-state index contributed by atoms with van der Waals surface area (Å²) in [7, 11) is 0. The Hall–Kier alpha value is -0.570. The number of aliphatic hydroxyl groups is 1. The van der Waals surface area contributed by atoms with Crippen LogP contribution in [0.5, 0.6) is 0 Å². The molecule has 1 saturated carbocycles. The number of nitrogens with one attached hydrogen (secondary N) is 1. The van der Waals surface area contributed by atoms with E-state index in [4.69, 9.17) is 0 Å². The van der Waals surface area contributed by atoms with Crippen LogP contribution in [0.15, 0.2) is 0 Å². The number of aliphatic hydroxyl groups excluding tert-OH is 1. The highest BCUT2D eigenvalue weighted by atomic mass is 16.3. The quantitative estimate of drug-likeness (QED) is 0.777. The molecule has 0 heterocycles. The zero-order valence-corrected chi connectivity index (χ0v) is 11.7. The second-order valence-corrected chi connectivity index (χ2v) is 6.91. The van der Waals surface area contributed by atoms with Crippen LogP contribution >= 0.6 is 0 Å². The van der Waals surface area contributed by atoms with Crippen molar-refractivity contribution in [3.8, 4) is 0 Å². The molecule has 17 heavy (non-hydrogen) atoms. The first kappa shape index (κ1) is 14.5. The fourth-order valence-corrected chi connectivity index (χ4v) is 2.71. The Balaban J connectivity index is 2.34. The lowest BCUT2D eigenvalue weighted by atomic mass is 9.77. The third kappa shape index (κ3) is 4.66. The molecule has 1 aliphatic rings. The number of hydrogen-bond donors (Lipinski definition) is 2. The topological polar surface area (TPSA) is 49.3 Å². The molecule has 1 fully saturated rings. The van der Waals surface area contributed by atoms with Crippen LogP contribution in [0.2, 0.25) is 0 Å². The van der Waals surface area contributed by atoms with E-state index in [1.165, 1.54) is 0 Å². The van der Waals surface area contributed by atoms with Gasteiger partial charge in [-0.05, 0) is 37.0 Å². The SMILES string of the molecule is CC(CC(=O)NC1(CO)CCC1)CC(C)(C)C. The van der Waals surface area contributed by atoms with Gasteiger partial charge >= 0.3 is 0 Å². The van der Waals surface area contributed by atoms with Gasteiger partial charge in [0.15, 0.2) is 0 Å². The normalized spacial score (nSPS) is 20.5. The highest BCUT2D eigenvalue weighted by molar-refractivity contribution is 5.77. The lowest BCUT2D eigenvalue weighted by Gasteiger charge is -2.41. The van der Waals surface area contributed by atoms with Crippen molar-refractivity contribution in [3.63, 3.8) is 0 Å². The Morgan fingerprint density at radius 3 is 2.35 bits per heavy atom. The molecule has 1 atom stereocenters. The van der Waals surface area contributed by atoms with Crippen LogP contribution in [0.1, 0.15) is 59.8 Å². The maximum Gasteiger partial charge on any atom is 0.220 e. The highest BCUT2D eigenvalue weighted by Gasteiger charge is 2.37. The summed E-state index contributed by atoms with van der Waals surface area (Å²) in [6.45, 7) is 8.79. The molecule has 3 heteroatoms. The highest BCUT2D eigenvalue weighted by Crippen LogP contribution is 2.32. The zero-order chi connectivity index (χ0) is 13.1. The molecule has 0 spiro atoms. The predicted octanol–water partition coefficient (Wildman–Crippen LogP) is 2.48. The van der Waals surface area contributed by atoms with Crippen LogP contribution in [0.3, 0.4) is 0 Å². The molecule has 0 saturated heterocycles. The minimum absolute atomic E-state index is 0.0758. The average Bonchev–Trinajstić information content (AvgIpc) is 2.07. The van der Waals surface area contributed by atoms with Gasteiger partial charge in [0.05, 0.1) is 12.1 Å². The van der Waals surface area contributed by atoms with Crippen LogP contribution in [0, 0.1) is 11.3 Å². The van der Waals surface area contributed by atoms with Crippen molar-refractivity contribution in [1.29, 1.82) is 0 Å². The maximum absolute atomic E-state index is 11.9. The van der Waals surface area contributed by atoms with E-state index in [0.29, 0.717) is 12.3 Å². The van der Waals surface area contributed by atoms with Crippen molar-refractivity contribution in [2.24, 2.45) is 11.3 Å². The van der Waals surface area contributed by atoms with Gasteiger partial charge in [0, 0.05) is 6.42 Å². The first-order valence-electron chi connectivity index (χ1n) is 6.68. The van der Waals surface area contributed by atoms with Crippen molar-refractivity contribution >= 4 is 5.91 Å². The summed E-state index contributed by atoms with van der Waals surface area (Å²) in [5.41, 5.74) is -0.0244. The Kier molecular flexibility index (Phi) is 4.59. The van der Waals surface area contributed by atoms with Gasteiger partial charge in [0.2, 0.25) is 5.91 Å². The number of rotatable bonds is 5. The van der Waals surface area contributed by atoms with E-state index in [0.717, 1.165) is 25.7 Å². The third-order valence-electron chi connectivity index (χ3n) is 3.51. The summed E-state index contributed by atoms with van der Waals surface area (Å²) in [6.07, 6.45) is 4.57. The Labute approximate surface area is 105 Å². The summed E-state index contributed by atoms with van der Waals surface area (Å²) in [6, 6.07) is 0. The monoisotopic (exact) mass is 241 g/mol. The van der Waals surface area contributed by atoms with Crippen molar-refractivity contribution in [2.45, 2.75) is 65.3 Å². The molecule has 1 rings (SSSR count). The molecule has 0 aromatic heterocycles. The zero-order valence-electron chi connectivity index (χ0n) is 11.7. The van der Waals surface area contributed by atoms with E-state index in [1.807, 2.05) is 0 Å². The molecule has 1 aliphatic carbocycles. The van der Waals surface area contributed by atoms with Crippen LogP contribution in [-0.2, 0) is 4.79 Å². The summed E-state index contributed by atoms with van der Waals surface area (Å²) >= 11 is 0. The standard InChI is InChI=1S/C14H27NO2/c1-11(9-13(2,3)4)8-12(17)15-14(10-16)6-5-7-14/h11,16H,5-10H2,1-4H3,(H,15,17). The van der Waals surface area contributed by atoms with Crippen molar-refractivity contribution in [2.75, 3.05) is 6.61 Å². The number of hydrogen-bond acceptors (Lipinski definition) is 2. The number of amides is 1. The van der Waals surface area contributed by atoms with Gasteiger partial charge in [0.25, 0.3) is 0 Å². The fourth-order valence-electron chi connectivity index (χ4n) is 2.71. The van der Waals surface area contributed by atoms with E-state index in [-0.39, 0.29) is 23.5 Å². The molecule has 2 N–H and O–H groups in total. The largest absolute Gasteiger partial charge is 0.394 e. The second kappa shape index (κ2) is 5.38. The predicted molar refractivity (Wildman–Crippen MR) is 69.7 cm³/mol. The van der Waals surface area contributed by atoms with Gasteiger partial charge in [0.1, 0.15) is 0 Å². The summed E-state index contributed by atoms with van der Waals surface area (Å²) < 4.78 is 0. The first-order chi connectivity index (χ1) is 7.76. The Bertz CT molecular complexity index is 258. The molecule has 0 aromatic rings. The van der Waals surface area contributed by atoms with Crippen molar-refractivity contribution < 1.29 is 9.90 Å².